The highest BCUT2D eigenvalue weighted by molar-refractivity contribution is 5.76. The third-order valence-corrected chi connectivity index (χ3v) is 13.9. The Labute approximate surface area is 343 Å². The van der Waals surface area contributed by atoms with Crippen LogP contribution in [0.5, 0.6) is 0 Å². The molecule has 0 aromatic rings. The van der Waals surface area contributed by atoms with Gasteiger partial charge in [0.05, 0.1) is 53.7 Å². The summed E-state index contributed by atoms with van der Waals surface area (Å²) in [4.78, 5) is 28.9. The van der Waals surface area contributed by atoms with Gasteiger partial charge in [0.15, 0.2) is 12.6 Å². The first-order valence-corrected chi connectivity index (χ1v) is 21.4. The summed E-state index contributed by atoms with van der Waals surface area (Å²) < 4.78 is 45.0. The Hall–Kier alpha value is -1.46. The predicted octanol–water partition coefficient (Wildman–Crippen LogP) is 4.29. The molecule has 1 amide bonds. The van der Waals surface area contributed by atoms with Gasteiger partial charge in [-0.05, 0) is 80.7 Å². The Morgan fingerprint density at radius 2 is 1.58 bits per heavy atom. The molecule has 3 rings (SSSR count). The van der Waals surface area contributed by atoms with Gasteiger partial charge >= 0.3 is 5.97 Å². The zero-order valence-electron chi connectivity index (χ0n) is 37.9. The molecule has 19 atom stereocenters. The third kappa shape index (κ3) is 11.9. The van der Waals surface area contributed by atoms with Gasteiger partial charge in [0.1, 0.15) is 18.8 Å². The Morgan fingerprint density at radius 3 is 2.14 bits per heavy atom. The van der Waals surface area contributed by atoms with Crippen molar-refractivity contribution in [2.24, 2.45) is 35.5 Å². The lowest BCUT2D eigenvalue weighted by Crippen LogP contribution is -2.61. The smallest absolute Gasteiger partial charge is 0.311 e. The van der Waals surface area contributed by atoms with Crippen LogP contribution >= 0.6 is 0 Å². The maximum Gasteiger partial charge on any atom is 0.311 e. The van der Waals surface area contributed by atoms with Crippen LogP contribution in [0.15, 0.2) is 0 Å². The first-order chi connectivity index (χ1) is 26.4. The average molecular weight is 817 g/mol. The van der Waals surface area contributed by atoms with Gasteiger partial charge in [-0.1, -0.05) is 41.5 Å². The number of nitrogens with zero attached hydrogens (tertiary/aromatic N) is 1. The van der Waals surface area contributed by atoms with Crippen molar-refractivity contribution in [3.05, 3.63) is 0 Å². The molecule has 3 saturated heterocycles. The highest BCUT2D eigenvalue weighted by Gasteiger charge is 2.52. The second-order valence-corrected chi connectivity index (χ2v) is 18.5. The number of ether oxygens (including phenoxy) is 7. The maximum absolute atomic E-state index is 14.4. The quantitative estimate of drug-likeness (QED) is 0.218. The topological polar surface area (TPSA) is 175 Å². The molecule has 334 valence electrons. The lowest BCUT2D eigenvalue weighted by atomic mass is 9.74. The molecule has 14 heteroatoms. The van der Waals surface area contributed by atoms with E-state index in [1.165, 1.54) is 7.05 Å². The van der Waals surface area contributed by atoms with Gasteiger partial charge in [-0.2, -0.15) is 0 Å². The number of hydrogen-bond donors (Lipinski definition) is 4. The van der Waals surface area contributed by atoms with E-state index in [2.05, 4.69) is 31.0 Å². The van der Waals surface area contributed by atoms with Crippen molar-refractivity contribution in [1.82, 2.24) is 10.2 Å². The molecule has 0 aromatic carbocycles. The Bertz CT molecular complexity index is 1270. The number of nitrogens with one attached hydrogen (secondary N) is 1. The summed E-state index contributed by atoms with van der Waals surface area (Å²) >= 11 is 0. The summed E-state index contributed by atoms with van der Waals surface area (Å²) in [6.45, 7) is 24.7. The number of carbonyl (C=O) groups excluding carboxylic acids is 2. The normalized spacial score (nSPS) is 45.7. The molecule has 3 aliphatic heterocycles. The number of carbonyl (C=O) groups is 2. The van der Waals surface area contributed by atoms with Crippen molar-refractivity contribution in [2.75, 3.05) is 27.8 Å². The fraction of sp³-hybridized carbons (Fsp3) is 0.953. The van der Waals surface area contributed by atoms with Crippen LogP contribution in [0, 0.1) is 35.5 Å². The zero-order chi connectivity index (χ0) is 43.3. The summed E-state index contributed by atoms with van der Waals surface area (Å²) in [5.41, 5.74) is -2.24. The fourth-order valence-electron chi connectivity index (χ4n) is 9.53. The SMILES string of the molecule is CC[C@H]1OC(=O)[C@H](C)[C@@H](OC2C[C@@](C)(OC)[C@@H](C)[C@H](C)O2)[C@H](C)[C@@H](O[C@@H]2O[C@H](C)C[C@H](N(C)C(C)C)[C@H]2O)[C@](C)(O)C[C@@H](C)[C@H](OCC(=O)NC)[C@H](C)[C@@H](O)[C@H]1C. The van der Waals surface area contributed by atoms with Gasteiger partial charge in [0.2, 0.25) is 5.91 Å². The number of aliphatic hydroxyl groups is 3. The monoisotopic (exact) mass is 817 g/mol. The van der Waals surface area contributed by atoms with E-state index in [9.17, 15) is 24.9 Å². The number of amides is 1. The molecule has 0 radical (unpaired) electrons. The van der Waals surface area contributed by atoms with Gasteiger partial charge in [-0.15, -0.1) is 0 Å². The van der Waals surface area contributed by atoms with Crippen molar-refractivity contribution >= 4 is 11.9 Å². The molecule has 0 bridgehead atoms. The van der Waals surface area contributed by atoms with E-state index in [4.69, 9.17) is 33.2 Å². The van der Waals surface area contributed by atoms with E-state index in [1.54, 1.807) is 21.0 Å². The molecule has 3 aliphatic rings. The standard InChI is InChI=1S/C43H80N2O12/c1-17-32-25(6)35(47)26(7)37(52-21-33(46)44-14)23(4)19-42(12,50)39(57-41-36(48)31(18-24(5)53-41)45(15)22(2)3)27(8)38(28(9)40(49)55-32)56-34-20-43(13,51-16)29(10)30(11)54-34/h22-32,34-39,41,47-48,50H,17-21H2,1-16H3,(H,44,46)/t23-,24-,25+,26-,27+,28-,29+,30+,31+,32-,34?,35+,36-,37+,38+,39-,41+,42-,43-/m1/s1. The summed E-state index contributed by atoms with van der Waals surface area (Å²) in [6.07, 6.45) is -6.34. The lowest BCUT2D eigenvalue weighted by Gasteiger charge is -2.50. The van der Waals surface area contributed by atoms with Crippen LogP contribution < -0.4 is 5.32 Å². The third-order valence-electron chi connectivity index (χ3n) is 13.9. The average Bonchev–Trinajstić information content (AvgIpc) is 3.15. The number of methoxy groups -OCH3 is 1. The highest BCUT2D eigenvalue weighted by Crippen LogP contribution is 2.42. The highest BCUT2D eigenvalue weighted by atomic mass is 16.7. The molecule has 3 heterocycles. The number of cyclic esters (lactones) is 1. The van der Waals surface area contributed by atoms with E-state index in [-0.39, 0.29) is 49.1 Å². The second kappa shape index (κ2) is 20.9. The van der Waals surface area contributed by atoms with Crippen molar-refractivity contribution in [1.29, 1.82) is 0 Å². The summed E-state index contributed by atoms with van der Waals surface area (Å²) in [5.74, 6) is -3.87. The summed E-state index contributed by atoms with van der Waals surface area (Å²) in [7, 11) is 5.16. The fourth-order valence-corrected chi connectivity index (χ4v) is 9.53. The number of esters is 1. The van der Waals surface area contributed by atoms with Crippen LogP contribution in [0.4, 0.5) is 0 Å². The van der Waals surface area contributed by atoms with Crippen LogP contribution in [-0.2, 0) is 42.7 Å². The van der Waals surface area contributed by atoms with E-state index in [1.807, 2.05) is 62.4 Å². The molecule has 0 aliphatic carbocycles. The van der Waals surface area contributed by atoms with E-state index < -0.39 is 96.0 Å². The number of hydrogen-bond acceptors (Lipinski definition) is 13. The molecule has 0 spiro atoms. The molecule has 1 unspecified atom stereocenters. The molecule has 0 saturated carbocycles. The largest absolute Gasteiger partial charge is 0.462 e. The minimum atomic E-state index is -1.66. The van der Waals surface area contributed by atoms with E-state index in [0.29, 0.717) is 19.3 Å². The maximum atomic E-state index is 14.4. The van der Waals surface area contributed by atoms with Crippen molar-refractivity contribution in [3.8, 4) is 0 Å². The molecule has 57 heavy (non-hydrogen) atoms. The first-order valence-electron chi connectivity index (χ1n) is 21.4. The minimum absolute atomic E-state index is 0.0486. The van der Waals surface area contributed by atoms with Gasteiger partial charge in [0, 0.05) is 56.3 Å². The van der Waals surface area contributed by atoms with Gasteiger partial charge < -0.3 is 53.8 Å². The molecule has 0 aromatic heterocycles. The number of rotatable bonds is 11. The van der Waals surface area contributed by atoms with Crippen molar-refractivity contribution in [2.45, 2.75) is 200 Å². The van der Waals surface area contributed by atoms with E-state index in [0.717, 1.165) is 0 Å². The predicted molar refractivity (Wildman–Crippen MR) is 216 cm³/mol. The van der Waals surface area contributed by atoms with Crippen LogP contribution in [0.1, 0.15) is 116 Å². The van der Waals surface area contributed by atoms with Crippen LogP contribution in [-0.4, -0.2) is 145 Å². The molecule has 4 N–H and O–H groups in total. The van der Waals surface area contributed by atoms with Gasteiger partial charge in [-0.3, -0.25) is 14.5 Å². The minimum Gasteiger partial charge on any atom is -0.462 e. The Morgan fingerprint density at radius 1 is 0.947 bits per heavy atom. The van der Waals surface area contributed by atoms with Crippen molar-refractivity contribution in [3.63, 3.8) is 0 Å². The van der Waals surface area contributed by atoms with Crippen molar-refractivity contribution < 1.29 is 58.1 Å². The molecule has 3 fully saturated rings. The summed E-state index contributed by atoms with van der Waals surface area (Å²) in [6, 6.07) is -0.157. The van der Waals surface area contributed by atoms with Gasteiger partial charge in [0.25, 0.3) is 0 Å². The Kier molecular flexibility index (Phi) is 18.3. The Balaban J connectivity index is 2.22. The first kappa shape index (κ1) is 49.9. The molecular formula is C43H80N2O12. The molecule has 14 nitrogen and oxygen atoms in total. The second-order valence-electron chi connectivity index (χ2n) is 18.5. The van der Waals surface area contributed by atoms with Crippen LogP contribution in [0.3, 0.4) is 0 Å². The van der Waals surface area contributed by atoms with E-state index >= 15 is 0 Å². The van der Waals surface area contributed by atoms with Gasteiger partial charge in [-0.25, -0.2) is 0 Å². The zero-order valence-corrected chi connectivity index (χ0v) is 37.9. The van der Waals surface area contributed by atoms with Crippen LogP contribution in [0.25, 0.3) is 0 Å². The number of likely N-dealkylation sites (N-methyl/N-ethyl adjacent to an activating group) is 2. The number of aliphatic hydroxyl groups excluding tert-OH is 2. The lowest BCUT2D eigenvalue weighted by molar-refractivity contribution is -0.315. The summed E-state index contributed by atoms with van der Waals surface area (Å²) in [5, 5.41) is 39.2. The molecular weight excluding hydrogens is 736 g/mol. The van der Waals surface area contributed by atoms with Crippen LogP contribution in [0.2, 0.25) is 0 Å².